The predicted molar refractivity (Wildman–Crippen MR) is 93.9 cm³/mol. The highest BCUT2D eigenvalue weighted by molar-refractivity contribution is 7.22. The zero-order valence-electron chi connectivity index (χ0n) is 12.6. The molecule has 0 saturated carbocycles. The summed E-state index contributed by atoms with van der Waals surface area (Å²) in [5.74, 6) is -0.474. The van der Waals surface area contributed by atoms with Crippen molar-refractivity contribution in [1.29, 1.82) is 0 Å². The number of imide groups is 1. The number of benzene rings is 1. The molecule has 3 heterocycles. The molecule has 9 nitrogen and oxygen atoms in total. The normalized spacial score (nSPS) is 14.3. The fourth-order valence-electron chi connectivity index (χ4n) is 2.36. The summed E-state index contributed by atoms with van der Waals surface area (Å²) in [4.78, 5) is 41.0. The van der Waals surface area contributed by atoms with Gasteiger partial charge in [0.2, 0.25) is 16.9 Å². The molecule has 0 aliphatic carbocycles. The number of amides is 4. The first-order chi connectivity index (χ1) is 12.1. The van der Waals surface area contributed by atoms with Crippen LogP contribution >= 0.6 is 22.7 Å². The van der Waals surface area contributed by atoms with Crippen LogP contribution in [0.5, 0.6) is 0 Å². The van der Waals surface area contributed by atoms with Crippen LogP contribution in [-0.2, 0) is 9.59 Å². The second kappa shape index (κ2) is 6.18. The van der Waals surface area contributed by atoms with E-state index in [0.717, 1.165) is 9.60 Å². The number of nitrogens with one attached hydrogen (secondary N) is 2. The molecule has 1 aromatic carbocycles. The van der Waals surface area contributed by atoms with Crippen LogP contribution < -0.4 is 15.5 Å². The molecule has 126 valence electrons. The summed E-state index contributed by atoms with van der Waals surface area (Å²) < 4.78 is 0.760. The van der Waals surface area contributed by atoms with Gasteiger partial charge in [-0.1, -0.05) is 22.7 Å². The van der Waals surface area contributed by atoms with E-state index in [1.807, 2.05) is 0 Å². The third kappa shape index (κ3) is 3.06. The van der Waals surface area contributed by atoms with Crippen LogP contribution in [0, 0.1) is 0 Å². The molecule has 1 aliphatic heterocycles. The van der Waals surface area contributed by atoms with E-state index in [-0.39, 0.29) is 24.7 Å². The molecule has 1 saturated heterocycles. The number of nitrogens with zero attached hydrogens (tertiary/aromatic N) is 4. The van der Waals surface area contributed by atoms with Crippen molar-refractivity contribution in [2.75, 3.05) is 15.5 Å². The standard InChI is InChI=1S/C14H10N6O3S2/c21-10-3-4-11(22)20(10)14-17-8-2-1-7(5-9(8)25-14)16-12(23)18-13-19-15-6-24-13/h1-2,5-6H,3-4H2,(H2,16,18,19,23). The number of fused-ring (bicyclic) bond motifs is 1. The van der Waals surface area contributed by atoms with E-state index >= 15 is 0 Å². The lowest BCUT2D eigenvalue weighted by Crippen LogP contribution is -2.28. The highest BCUT2D eigenvalue weighted by Crippen LogP contribution is 2.33. The number of thiazole rings is 1. The van der Waals surface area contributed by atoms with Crippen LogP contribution in [0.4, 0.5) is 20.7 Å². The van der Waals surface area contributed by atoms with Crippen molar-refractivity contribution < 1.29 is 14.4 Å². The molecule has 0 radical (unpaired) electrons. The minimum Gasteiger partial charge on any atom is -0.308 e. The third-order valence-electron chi connectivity index (χ3n) is 3.46. The molecule has 0 bridgehead atoms. The molecule has 11 heteroatoms. The Morgan fingerprint density at radius 1 is 1.16 bits per heavy atom. The molecule has 0 spiro atoms. The zero-order chi connectivity index (χ0) is 17.4. The van der Waals surface area contributed by atoms with E-state index < -0.39 is 6.03 Å². The molecular formula is C14H10N6O3S2. The predicted octanol–water partition coefficient (Wildman–Crippen LogP) is 2.45. The first-order valence-electron chi connectivity index (χ1n) is 7.21. The Morgan fingerprint density at radius 2 is 1.96 bits per heavy atom. The Hall–Kier alpha value is -2.92. The average Bonchev–Trinajstić information content (AvgIpc) is 3.28. The van der Waals surface area contributed by atoms with Gasteiger partial charge in [-0.15, -0.1) is 10.2 Å². The van der Waals surface area contributed by atoms with E-state index in [4.69, 9.17) is 0 Å². The summed E-state index contributed by atoms with van der Waals surface area (Å²) in [6.45, 7) is 0. The summed E-state index contributed by atoms with van der Waals surface area (Å²) in [5.41, 5.74) is 2.73. The first kappa shape index (κ1) is 15.6. The molecule has 4 amide bonds. The van der Waals surface area contributed by atoms with Crippen LogP contribution in [0.1, 0.15) is 12.8 Å². The number of carbonyl (C=O) groups is 3. The SMILES string of the molecule is O=C(Nc1ccc2nc(N3C(=O)CCC3=O)sc2c1)Nc1nncs1. The highest BCUT2D eigenvalue weighted by atomic mass is 32.1. The maximum Gasteiger partial charge on any atom is 0.325 e. The van der Waals surface area contributed by atoms with E-state index in [1.54, 1.807) is 18.2 Å². The fraction of sp³-hybridized carbons (Fsp3) is 0.143. The summed E-state index contributed by atoms with van der Waals surface area (Å²) in [6.07, 6.45) is 0.431. The topological polar surface area (TPSA) is 117 Å². The smallest absolute Gasteiger partial charge is 0.308 e. The van der Waals surface area contributed by atoms with Gasteiger partial charge in [0.05, 0.1) is 10.2 Å². The molecule has 2 aromatic heterocycles. The van der Waals surface area contributed by atoms with Gasteiger partial charge in [-0.3, -0.25) is 14.9 Å². The summed E-state index contributed by atoms with van der Waals surface area (Å²) >= 11 is 2.44. The molecule has 1 fully saturated rings. The second-order valence-electron chi connectivity index (χ2n) is 5.12. The molecule has 4 rings (SSSR count). The average molecular weight is 374 g/mol. The minimum absolute atomic E-state index is 0.216. The Kier molecular flexibility index (Phi) is 3.86. The number of carbonyl (C=O) groups excluding carboxylic acids is 3. The zero-order valence-corrected chi connectivity index (χ0v) is 14.2. The molecule has 2 N–H and O–H groups in total. The van der Waals surface area contributed by atoms with E-state index in [1.165, 1.54) is 28.2 Å². The molecule has 1 aliphatic rings. The lowest BCUT2D eigenvalue weighted by atomic mass is 10.3. The monoisotopic (exact) mass is 374 g/mol. The second-order valence-corrected chi connectivity index (χ2v) is 6.97. The van der Waals surface area contributed by atoms with Crippen LogP contribution in [0.25, 0.3) is 10.2 Å². The molecule has 0 atom stereocenters. The quantitative estimate of drug-likeness (QED) is 0.680. The number of rotatable bonds is 3. The number of hydrogen-bond acceptors (Lipinski definition) is 8. The van der Waals surface area contributed by atoms with Crippen LogP contribution in [-0.4, -0.2) is 33.0 Å². The Labute approximate surface area is 148 Å². The Morgan fingerprint density at radius 3 is 2.68 bits per heavy atom. The Balaban J connectivity index is 1.55. The number of hydrogen-bond donors (Lipinski definition) is 2. The highest BCUT2D eigenvalue weighted by Gasteiger charge is 2.32. The van der Waals surface area contributed by atoms with Crippen molar-refractivity contribution in [2.24, 2.45) is 0 Å². The van der Waals surface area contributed by atoms with E-state index in [9.17, 15) is 14.4 Å². The fourth-order valence-corrected chi connectivity index (χ4v) is 3.84. The molecule has 3 aromatic rings. The van der Waals surface area contributed by atoms with E-state index in [2.05, 4.69) is 25.8 Å². The first-order valence-corrected chi connectivity index (χ1v) is 8.90. The van der Waals surface area contributed by atoms with Gasteiger partial charge >= 0.3 is 6.03 Å². The lowest BCUT2D eigenvalue weighted by Gasteiger charge is -2.07. The van der Waals surface area contributed by atoms with Crippen molar-refractivity contribution in [3.05, 3.63) is 23.7 Å². The van der Waals surface area contributed by atoms with Crippen LogP contribution in [0.3, 0.4) is 0 Å². The molecule has 25 heavy (non-hydrogen) atoms. The van der Waals surface area contributed by atoms with Gasteiger partial charge < -0.3 is 5.32 Å². The number of urea groups is 1. The maximum absolute atomic E-state index is 11.9. The van der Waals surface area contributed by atoms with Gasteiger partial charge in [0, 0.05) is 18.5 Å². The van der Waals surface area contributed by atoms with E-state index in [0.29, 0.717) is 21.5 Å². The molecular weight excluding hydrogens is 364 g/mol. The number of anilines is 3. The maximum atomic E-state index is 11.9. The van der Waals surface area contributed by atoms with Crippen molar-refractivity contribution in [2.45, 2.75) is 12.8 Å². The van der Waals surface area contributed by atoms with Gasteiger partial charge in [0.15, 0.2) is 5.13 Å². The van der Waals surface area contributed by atoms with Crippen molar-refractivity contribution >= 4 is 66.7 Å². The summed E-state index contributed by atoms with van der Waals surface area (Å²) in [5, 5.41) is 13.4. The summed E-state index contributed by atoms with van der Waals surface area (Å²) in [7, 11) is 0. The van der Waals surface area contributed by atoms with Gasteiger partial charge in [0.25, 0.3) is 0 Å². The third-order valence-corrected chi connectivity index (χ3v) is 5.07. The van der Waals surface area contributed by atoms with Crippen LogP contribution in [0.15, 0.2) is 23.7 Å². The molecule has 0 unspecified atom stereocenters. The van der Waals surface area contributed by atoms with Crippen molar-refractivity contribution in [1.82, 2.24) is 15.2 Å². The van der Waals surface area contributed by atoms with Gasteiger partial charge in [-0.05, 0) is 18.2 Å². The van der Waals surface area contributed by atoms with Gasteiger partial charge in [-0.25, -0.2) is 14.7 Å². The van der Waals surface area contributed by atoms with Gasteiger partial charge in [0.1, 0.15) is 5.51 Å². The van der Waals surface area contributed by atoms with Gasteiger partial charge in [-0.2, -0.15) is 0 Å². The minimum atomic E-state index is -0.439. The summed E-state index contributed by atoms with van der Waals surface area (Å²) in [6, 6.07) is 4.71. The Bertz CT molecular complexity index is 968. The van der Waals surface area contributed by atoms with Crippen molar-refractivity contribution in [3.63, 3.8) is 0 Å². The van der Waals surface area contributed by atoms with Crippen LogP contribution in [0.2, 0.25) is 0 Å². The lowest BCUT2D eigenvalue weighted by molar-refractivity contribution is -0.121. The number of aromatic nitrogens is 3. The van der Waals surface area contributed by atoms with Crippen molar-refractivity contribution in [3.8, 4) is 0 Å². The largest absolute Gasteiger partial charge is 0.325 e.